The molecule has 10 heteroatoms. The van der Waals surface area contributed by atoms with Crippen LogP contribution in [0.15, 0.2) is 29.2 Å². The molecule has 2 rings (SSSR count). The van der Waals surface area contributed by atoms with Crippen molar-refractivity contribution in [1.82, 2.24) is 14.8 Å². The smallest absolute Gasteiger partial charge is 0.319 e. The number of carbonyl (C=O) groups excluding carboxylic acids is 1. The van der Waals surface area contributed by atoms with Crippen molar-refractivity contribution < 1.29 is 18.0 Å². The number of nitrogens with one attached hydrogen (secondary N) is 2. The highest BCUT2D eigenvalue weighted by molar-refractivity contribution is 6.29. The van der Waals surface area contributed by atoms with Crippen molar-refractivity contribution in [2.24, 2.45) is 0 Å². The van der Waals surface area contributed by atoms with Crippen molar-refractivity contribution in [3.8, 4) is 0 Å². The Morgan fingerprint density at radius 2 is 2.14 bits per heavy atom. The van der Waals surface area contributed by atoms with Gasteiger partial charge in [0.2, 0.25) is 0 Å². The fraction of sp³-hybridized carbons (Fsp3) is 0.182. The first-order valence-corrected chi connectivity index (χ1v) is 5.92. The second kappa shape index (κ2) is 5.60. The SMILES string of the molecule is O=C(Nc1ccc(=O)n(CC(F)(F)F)c1)c1cc(Cl)n[nH]1. The lowest BCUT2D eigenvalue weighted by Crippen LogP contribution is -2.27. The Hall–Kier alpha value is -2.29. The van der Waals surface area contributed by atoms with Gasteiger partial charge in [0, 0.05) is 18.3 Å². The molecular formula is C11H8ClF3N4O2. The van der Waals surface area contributed by atoms with E-state index in [2.05, 4.69) is 15.5 Å². The molecule has 0 aliphatic carbocycles. The Morgan fingerprint density at radius 1 is 1.43 bits per heavy atom. The van der Waals surface area contributed by atoms with Gasteiger partial charge in [0.15, 0.2) is 5.15 Å². The summed E-state index contributed by atoms with van der Waals surface area (Å²) in [5.74, 6) is -0.647. The van der Waals surface area contributed by atoms with E-state index in [9.17, 15) is 22.8 Å². The molecule has 2 heterocycles. The molecule has 2 aromatic heterocycles. The number of hydrogen-bond acceptors (Lipinski definition) is 3. The standard InChI is InChI=1S/C11H8ClF3N4O2/c12-8-3-7(17-18-8)10(21)16-6-1-2-9(20)19(4-6)5-11(13,14)15/h1-4H,5H2,(H,16,21)(H,17,18). The van der Waals surface area contributed by atoms with Crippen LogP contribution >= 0.6 is 11.6 Å². The maximum absolute atomic E-state index is 12.3. The molecule has 0 aliphatic heterocycles. The quantitative estimate of drug-likeness (QED) is 0.908. The predicted molar refractivity (Wildman–Crippen MR) is 68.3 cm³/mol. The van der Waals surface area contributed by atoms with Crippen molar-refractivity contribution >= 4 is 23.2 Å². The van der Waals surface area contributed by atoms with E-state index in [1.54, 1.807) is 0 Å². The molecule has 0 unspecified atom stereocenters. The van der Waals surface area contributed by atoms with Crippen LogP contribution in [0.25, 0.3) is 0 Å². The van der Waals surface area contributed by atoms with Crippen molar-refractivity contribution in [3.05, 3.63) is 45.6 Å². The molecule has 0 atom stereocenters. The number of anilines is 1. The largest absolute Gasteiger partial charge is 0.406 e. The van der Waals surface area contributed by atoms with Gasteiger partial charge in [-0.05, 0) is 6.07 Å². The molecular weight excluding hydrogens is 313 g/mol. The molecule has 112 valence electrons. The van der Waals surface area contributed by atoms with Crippen LogP contribution in [-0.2, 0) is 6.54 Å². The van der Waals surface area contributed by atoms with Crippen LogP contribution in [0.3, 0.4) is 0 Å². The molecule has 0 spiro atoms. The van der Waals surface area contributed by atoms with E-state index < -0.39 is 24.2 Å². The van der Waals surface area contributed by atoms with Crippen LogP contribution in [0.4, 0.5) is 18.9 Å². The molecule has 6 nitrogen and oxygen atoms in total. The van der Waals surface area contributed by atoms with Gasteiger partial charge in [-0.15, -0.1) is 0 Å². The number of carbonyl (C=O) groups is 1. The third-order valence-electron chi connectivity index (χ3n) is 2.38. The van der Waals surface area contributed by atoms with E-state index in [1.807, 2.05) is 0 Å². The minimum atomic E-state index is -4.54. The summed E-state index contributed by atoms with van der Waals surface area (Å²) in [6, 6.07) is 3.38. The molecule has 0 aromatic carbocycles. The van der Waals surface area contributed by atoms with E-state index in [1.165, 1.54) is 12.1 Å². The van der Waals surface area contributed by atoms with Gasteiger partial charge in [0.1, 0.15) is 12.2 Å². The minimum Gasteiger partial charge on any atom is -0.319 e. The summed E-state index contributed by atoms with van der Waals surface area (Å²) in [5.41, 5.74) is -0.752. The molecule has 2 N–H and O–H groups in total. The van der Waals surface area contributed by atoms with Gasteiger partial charge in [0.05, 0.1) is 5.69 Å². The minimum absolute atomic E-state index is 0.0357. The maximum atomic E-state index is 12.3. The molecule has 0 fully saturated rings. The second-order valence-electron chi connectivity index (χ2n) is 4.06. The Balaban J connectivity index is 2.19. The monoisotopic (exact) mass is 320 g/mol. The van der Waals surface area contributed by atoms with E-state index in [-0.39, 0.29) is 16.5 Å². The summed E-state index contributed by atoms with van der Waals surface area (Å²) in [4.78, 5) is 23.1. The van der Waals surface area contributed by atoms with E-state index >= 15 is 0 Å². The number of nitrogens with zero attached hydrogens (tertiary/aromatic N) is 2. The summed E-state index contributed by atoms with van der Waals surface area (Å²) >= 11 is 5.53. The van der Waals surface area contributed by atoms with Gasteiger partial charge in [0.25, 0.3) is 11.5 Å². The van der Waals surface area contributed by atoms with Crippen molar-refractivity contribution in [3.63, 3.8) is 0 Å². The highest BCUT2D eigenvalue weighted by Crippen LogP contribution is 2.17. The molecule has 2 aromatic rings. The van der Waals surface area contributed by atoms with Crippen LogP contribution < -0.4 is 10.9 Å². The van der Waals surface area contributed by atoms with Gasteiger partial charge in [-0.3, -0.25) is 14.7 Å². The summed E-state index contributed by atoms with van der Waals surface area (Å²) < 4.78 is 37.4. The lowest BCUT2D eigenvalue weighted by Gasteiger charge is -2.11. The Morgan fingerprint density at radius 3 is 2.71 bits per heavy atom. The van der Waals surface area contributed by atoms with Crippen molar-refractivity contribution in [2.75, 3.05) is 5.32 Å². The fourth-order valence-electron chi connectivity index (χ4n) is 1.53. The number of alkyl halides is 3. The number of halogens is 4. The zero-order valence-electron chi connectivity index (χ0n) is 10.2. The predicted octanol–water partition coefficient (Wildman–Crippen LogP) is 2.04. The van der Waals surface area contributed by atoms with Crippen molar-refractivity contribution in [1.29, 1.82) is 0 Å². The first-order valence-electron chi connectivity index (χ1n) is 5.54. The van der Waals surface area contributed by atoms with Gasteiger partial charge in [-0.25, -0.2) is 0 Å². The molecule has 0 saturated heterocycles. The number of aromatic nitrogens is 3. The number of hydrogen-bond donors (Lipinski definition) is 2. The van der Waals surface area contributed by atoms with Crippen LogP contribution in [0.1, 0.15) is 10.5 Å². The summed E-state index contributed by atoms with van der Waals surface area (Å²) in [7, 11) is 0. The average Bonchev–Trinajstić information content (AvgIpc) is 2.78. The van der Waals surface area contributed by atoms with Crippen LogP contribution in [-0.4, -0.2) is 26.8 Å². The first kappa shape index (κ1) is 15.1. The van der Waals surface area contributed by atoms with Gasteiger partial charge in [-0.2, -0.15) is 18.3 Å². The summed E-state index contributed by atoms with van der Waals surface area (Å²) in [6.07, 6.45) is -3.63. The molecule has 0 radical (unpaired) electrons. The first-order chi connectivity index (χ1) is 9.74. The second-order valence-corrected chi connectivity index (χ2v) is 4.44. The third kappa shape index (κ3) is 4.09. The fourth-order valence-corrected chi connectivity index (χ4v) is 1.69. The third-order valence-corrected chi connectivity index (χ3v) is 2.58. The lowest BCUT2D eigenvalue weighted by atomic mass is 10.3. The van der Waals surface area contributed by atoms with E-state index in [0.29, 0.717) is 4.57 Å². The van der Waals surface area contributed by atoms with Gasteiger partial charge >= 0.3 is 6.18 Å². The average molecular weight is 321 g/mol. The normalized spacial score (nSPS) is 11.4. The van der Waals surface area contributed by atoms with E-state index in [4.69, 9.17) is 11.6 Å². The number of amides is 1. The highest BCUT2D eigenvalue weighted by atomic mass is 35.5. The lowest BCUT2D eigenvalue weighted by molar-refractivity contribution is -0.141. The molecule has 21 heavy (non-hydrogen) atoms. The highest BCUT2D eigenvalue weighted by Gasteiger charge is 2.28. The number of H-pyrrole nitrogens is 1. The number of pyridine rings is 1. The van der Waals surface area contributed by atoms with Gasteiger partial charge < -0.3 is 9.88 Å². The summed E-state index contributed by atoms with van der Waals surface area (Å²) in [6.45, 7) is -1.44. The topological polar surface area (TPSA) is 79.8 Å². The number of rotatable bonds is 3. The van der Waals surface area contributed by atoms with Gasteiger partial charge in [-0.1, -0.05) is 11.6 Å². The van der Waals surface area contributed by atoms with Crippen LogP contribution in [0, 0.1) is 0 Å². The molecule has 0 saturated carbocycles. The maximum Gasteiger partial charge on any atom is 0.406 e. The van der Waals surface area contributed by atoms with Crippen molar-refractivity contribution in [2.45, 2.75) is 12.7 Å². The summed E-state index contributed by atoms with van der Waals surface area (Å²) in [5, 5.41) is 8.28. The molecule has 0 bridgehead atoms. The Kier molecular flexibility index (Phi) is 4.03. The molecule has 0 aliphatic rings. The Bertz CT molecular complexity index is 723. The zero-order chi connectivity index (χ0) is 15.6. The molecule has 1 amide bonds. The Labute approximate surface area is 120 Å². The zero-order valence-corrected chi connectivity index (χ0v) is 11.0. The van der Waals surface area contributed by atoms with Crippen LogP contribution in [0.2, 0.25) is 5.15 Å². The number of aromatic amines is 1. The van der Waals surface area contributed by atoms with E-state index in [0.717, 1.165) is 12.3 Å². The van der Waals surface area contributed by atoms with Crippen LogP contribution in [0.5, 0.6) is 0 Å².